The Morgan fingerprint density at radius 2 is 1.85 bits per heavy atom. The summed E-state index contributed by atoms with van der Waals surface area (Å²) in [7, 11) is 0. The van der Waals surface area contributed by atoms with Crippen molar-refractivity contribution in [1.82, 2.24) is 0 Å². The van der Waals surface area contributed by atoms with Crippen LogP contribution in [0.15, 0.2) is 46.9 Å². The van der Waals surface area contributed by atoms with Gasteiger partial charge in [0.25, 0.3) is 0 Å². The van der Waals surface area contributed by atoms with E-state index in [1.807, 2.05) is 32.9 Å². The summed E-state index contributed by atoms with van der Waals surface area (Å²) in [4.78, 5) is 23.3. The fourth-order valence-electron chi connectivity index (χ4n) is 3.79. The van der Waals surface area contributed by atoms with Gasteiger partial charge in [0, 0.05) is 17.2 Å². The van der Waals surface area contributed by atoms with Gasteiger partial charge in [0.05, 0.1) is 5.56 Å². The first-order chi connectivity index (χ1) is 15.6. The topological polar surface area (TPSA) is 76.7 Å². The number of carbonyl (C=O) groups is 2. The SMILES string of the molecule is CCc1cc(C(C)CCCc2cc3cc(C(=O)O)ccc3o2)ccc1OCC(=O)C(C)(C)C. The van der Waals surface area contributed by atoms with Gasteiger partial charge in [-0.1, -0.05) is 46.8 Å². The molecule has 0 radical (unpaired) electrons. The molecule has 0 fully saturated rings. The lowest BCUT2D eigenvalue weighted by molar-refractivity contribution is -0.128. The number of rotatable bonds is 10. The molecule has 2 aromatic carbocycles. The molecule has 0 saturated heterocycles. The molecule has 5 heteroatoms. The minimum atomic E-state index is -0.933. The summed E-state index contributed by atoms with van der Waals surface area (Å²) in [6.45, 7) is 10.1. The van der Waals surface area contributed by atoms with E-state index < -0.39 is 11.4 Å². The van der Waals surface area contributed by atoms with Gasteiger partial charge in [-0.2, -0.15) is 0 Å². The maximum Gasteiger partial charge on any atom is 0.335 e. The third kappa shape index (κ3) is 6.25. The summed E-state index contributed by atoms with van der Waals surface area (Å²) < 4.78 is 11.7. The second-order valence-corrected chi connectivity index (χ2v) is 9.75. The van der Waals surface area contributed by atoms with Gasteiger partial charge in [-0.25, -0.2) is 4.79 Å². The molecule has 1 heterocycles. The number of ether oxygens (including phenoxy) is 1. The Kier molecular flexibility index (Phi) is 7.62. The molecule has 0 aliphatic rings. The van der Waals surface area contributed by atoms with Crippen molar-refractivity contribution in [2.75, 3.05) is 6.61 Å². The molecule has 0 amide bonds. The van der Waals surface area contributed by atoms with Gasteiger partial charge in [0.1, 0.15) is 23.7 Å². The molecule has 1 atom stereocenters. The molecule has 1 N–H and O–H groups in total. The first-order valence-electron chi connectivity index (χ1n) is 11.6. The lowest BCUT2D eigenvalue weighted by atomic mass is 9.91. The van der Waals surface area contributed by atoms with Gasteiger partial charge >= 0.3 is 5.97 Å². The highest BCUT2D eigenvalue weighted by molar-refractivity contribution is 5.93. The Hall–Kier alpha value is -3.08. The van der Waals surface area contributed by atoms with E-state index in [4.69, 9.17) is 14.3 Å². The highest BCUT2D eigenvalue weighted by Crippen LogP contribution is 2.29. The minimum Gasteiger partial charge on any atom is -0.486 e. The number of ketones is 1. The summed E-state index contributed by atoms with van der Waals surface area (Å²) in [5.41, 5.74) is 2.96. The van der Waals surface area contributed by atoms with Crippen molar-refractivity contribution in [3.8, 4) is 5.75 Å². The number of benzene rings is 2. The predicted octanol–water partition coefficient (Wildman–Crippen LogP) is 6.81. The number of carboxylic acid groups (broad SMARTS) is 1. The van der Waals surface area contributed by atoms with Crippen LogP contribution in [0.25, 0.3) is 11.0 Å². The van der Waals surface area contributed by atoms with Crippen molar-refractivity contribution in [1.29, 1.82) is 0 Å². The van der Waals surface area contributed by atoms with Crippen molar-refractivity contribution in [2.45, 2.75) is 66.2 Å². The summed E-state index contributed by atoms with van der Waals surface area (Å²) in [5, 5.41) is 9.97. The number of carbonyl (C=O) groups excluding carboxylic acids is 1. The third-order valence-corrected chi connectivity index (χ3v) is 6.10. The Balaban J connectivity index is 1.58. The van der Waals surface area contributed by atoms with Gasteiger partial charge < -0.3 is 14.3 Å². The second-order valence-electron chi connectivity index (χ2n) is 9.75. The van der Waals surface area contributed by atoms with E-state index in [1.54, 1.807) is 18.2 Å². The van der Waals surface area contributed by atoms with E-state index >= 15 is 0 Å². The molecule has 1 aromatic heterocycles. The highest BCUT2D eigenvalue weighted by atomic mass is 16.5. The van der Waals surface area contributed by atoms with Crippen LogP contribution in [-0.4, -0.2) is 23.5 Å². The average Bonchev–Trinajstić information content (AvgIpc) is 3.18. The molecule has 0 bridgehead atoms. The van der Waals surface area contributed by atoms with E-state index in [1.165, 1.54) is 5.56 Å². The molecule has 5 nitrogen and oxygen atoms in total. The number of Topliss-reactive ketones (excluding diaryl/α,β-unsaturated/α-hetero) is 1. The molecule has 0 spiro atoms. The van der Waals surface area contributed by atoms with Crippen LogP contribution in [0.3, 0.4) is 0 Å². The minimum absolute atomic E-state index is 0.0896. The number of hydrogen-bond acceptors (Lipinski definition) is 4. The number of hydrogen-bond donors (Lipinski definition) is 1. The van der Waals surface area contributed by atoms with Crippen molar-refractivity contribution >= 4 is 22.7 Å². The smallest absolute Gasteiger partial charge is 0.335 e. The van der Waals surface area contributed by atoms with Crippen LogP contribution in [0, 0.1) is 5.41 Å². The molecular weight excluding hydrogens is 416 g/mol. The van der Waals surface area contributed by atoms with Crippen molar-refractivity contribution in [2.24, 2.45) is 5.41 Å². The summed E-state index contributed by atoms with van der Waals surface area (Å²) in [5.74, 6) is 1.20. The summed E-state index contributed by atoms with van der Waals surface area (Å²) in [6, 6.07) is 13.1. The van der Waals surface area contributed by atoms with Gasteiger partial charge in [-0.05, 0) is 66.6 Å². The van der Waals surface area contributed by atoms with Crippen molar-refractivity contribution in [3.05, 3.63) is 64.9 Å². The molecule has 1 unspecified atom stereocenters. The normalized spacial score (nSPS) is 12.6. The standard InChI is InChI=1S/C28H34O5/c1-6-19-14-20(10-12-24(19)32-17-26(29)28(3,4)5)18(2)8-7-9-23-16-22-15-21(27(30)31)11-13-25(22)33-23/h10-16,18H,6-9,17H2,1-5H3,(H,30,31). The van der Waals surface area contributed by atoms with Gasteiger partial charge in [0.2, 0.25) is 0 Å². The number of aryl methyl sites for hydroxylation is 2. The third-order valence-electron chi connectivity index (χ3n) is 6.10. The Morgan fingerprint density at radius 3 is 2.52 bits per heavy atom. The summed E-state index contributed by atoms with van der Waals surface area (Å²) >= 11 is 0. The van der Waals surface area contributed by atoms with E-state index in [0.29, 0.717) is 5.92 Å². The number of carboxylic acids is 1. The van der Waals surface area contributed by atoms with E-state index in [0.717, 1.165) is 53.7 Å². The molecule has 3 aromatic rings. The van der Waals surface area contributed by atoms with Gasteiger partial charge in [0.15, 0.2) is 5.78 Å². The van der Waals surface area contributed by atoms with Gasteiger partial charge in [-0.3, -0.25) is 4.79 Å². The summed E-state index contributed by atoms with van der Waals surface area (Å²) in [6.07, 6.45) is 3.62. The Morgan fingerprint density at radius 1 is 1.09 bits per heavy atom. The molecule has 3 rings (SSSR count). The van der Waals surface area contributed by atoms with Crippen molar-refractivity contribution in [3.63, 3.8) is 0 Å². The molecule has 0 aliphatic heterocycles. The fourth-order valence-corrected chi connectivity index (χ4v) is 3.79. The lowest BCUT2D eigenvalue weighted by Gasteiger charge is -2.19. The van der Waals surface area contributed by atoms with Crippen LogP contribution in [0.4, 0.5) is 0 Å². The predicted molar refractivity (Wildman–Crippen MR) is 130 cm³/mol. The molecular formula is C28H34O5. The first-order valence-corrected chi connectivity index (χ1v) is 11.6. The van der Waals surface area contributed by atoms with E-state index in [2.05, 4.69) is 26.0 Å². The highest BCUT2D eigenvalue weighted by Gasteiger charge is 2.22. The monoisotopic (exact) mass is 450 g/mol. The Labute approximate surface area is 195 Å². The number of aromatic carboxylic acids is 1. The maximum absolute atomic E-state index is 12.2. The average molecular weight is 451 g/mol. The molecule has 33 heavy (non-hydrogen) atoms. The van der Waals surface area contributed by atoms with Crippen LogP contribution in [0.5, 0.6) is 5.75 Å². The van der Waals surface area contributed by atoms with Crippen molar-refractivity contribution < 1.29 is 23.8 Å². The zero-order valence-electron chi connectivity index (χ0n) is 20.2. The zero-order valence-corrected chi connectivity index (χ0v) is 20.2. The molecule has 0 aliphatic carbocycles. The van der Waals surface area contributed by atoms with E-state index in [9.17, 15) is 9.59 Å². The van der Waals surface area contributed by atoms with Crippen LogP contribution in [0.1, 0.15) is 80.6 Å². The van der Waals surface area contributed by atoms with Crippen LogP contribution in [0.2, 0.25) is 0 Å². The number of fused-ring (bicyclic) bond motifs is 1. The molecule has 0 saturated carbocycles. The second kappa shape index (κ2) is 10.2. The van der Waals surface area contributed by atoms with Crippen LogP contribution < -0.4 is 4.74 Å². The zero-order chi connectivity index (χ0) is 24.2. The maximum atomic E-state index is 12.2. The van der Waals surface area contributed by atoms with Gasteiger partial charge in [-0.15, -0.1) is 0 Å². The molecule has 176 valence electrons. The number of furan rings is 1. The quantitative estimate of drug-likeness (QED) is 0.367. The fraction of sp³-hybridized carbons (Fsp3) is 0.429. The lowest BCUT2D eigenvalue weighted by Crippen LogP contribution is -2.26. The van der Waals surface area contributed by atoms with Crippen LogP contribution >= 0.6 is 0 Å². The van der Waals surface area contributed by atoms with E-state index in [-0.39, 0.29) is 18.0 Å². The Bertz CT molecular complexity index is 1130. The first kappa shape index (κ1) is 24.6. The van der Waals surface area contributed by atoms with Crippen LogP contribution in [-0.2, 0) is 17.6 Å². The largest absolute Gasteiger partial charge is 0.486 e.